The van der Waals surface area contributed by atoms with Gasteiger partial charge in [0.15, 0.2) is 5.78 Å². The fourth-order valence-electron chi connectivity index (χ4n) is 3.66. The molecule has 4 rings (SSSR count). The molecule has 2 heterocycles. The van der Waals surface area contributed by atoms with Crippen LogP contribution in [0.25, 0.3) is 10.9 Å². The fourth-order valence-corrected chi connectivity index (χ4v) is 3.66. The van der Waals surface area contributed by atoms with Crippen molar-refractivity contribution >= 4 is 22.8 Å². The van der Waals surface area contributed by atoms with Crippen molar-refractivity contribution in [1.29, 1.82) is 0 Å². The molecular formula is C22H22N2O3. The van der Waals surface area contributed by atoms with Crippen LogP contribution in [0.3, 0.4) is 0 Å². The summed E-state index contributed by atoms with van der Waals surface area (Å²) >= 11 is 0. The number of fused-ring (bicyclic) bond motifs is 1. The molecule has 1 atom stereocenters. The minimum atomic E-state index is -0.352. The number of hydrogen-bond donors (Lipinski definition) is 1. The Morgan fingerprint density at radius 3 is 2.70 bits per heavy atom. The van der Waals surface area contributed by atoms with E-state index in [9.17, 15) is 9.59 Å². The van der Waals surface area contributed by atoms with Gasteiger partial charge in [0.25, 0.3) is 0 Å². The number of nitrogens with one attached hydrogen (secondary N) is 1. The number of carbonyl (C=O) groups excluding carboxylic acids is 2. The number of aromatic amines is 1. The minimum absolute atomic E-state index is 0.0907. The number of rotatable bonds is 4. The first-order chi connectivity index (χ1) is 13.2. The first-order valence-electron chi connectivity index (χ1n) is 9.28. The van der Waals surface area contributed by atoms with Gasteiger partial charge in [-0.05, 0) is 24.5 Å². The highest BCUT2D eigenvalue weighted by Gasteiger charge is 2.30. The highest BCUT2D eigenvalue weighted by atomic mass is 16.6. The summed E-state index contributed by atoms with van der Waals surface area (Å²) in [5, 5.41) is 0.936. The first-order valence-corrected chi connectivity index (χ1v) is 9.28. The van der Waals surface area contributed by atoms with Crippen LogP contribution in [-0.4, -0.2) is 34.8 Å². The molecule has 1 N–H and O–H groups in total. The van der Waals surface area contributed by atoms with Crippen LogP contribution in [0.2, 0.25) is 0 Å². The second kappa shape index (κ2) is 7.66. The number of hydrogen-bond acceptors (Lipinski definition) is 3. The molecule has 0 aliphatic carbocycles. The molecule has 5 heteroatoms. The van der Waals surface area contributed by atoms with Gasteiger partial charge in [0.05, 0.1) is 0 Å². The van der Waals surface area contributed by atoms with Gasteiger partial charge in [0.1, 0.15) is 6.61 Å². The topological polar surface area (TPSA) is 62.4 Å². The number of aromatic nitrogens is 1. The summed E-state index contributed by atoms with van der Waals surface area (Å²) in [7, 11) is 0. The number of amides is 1. The molecule has 0 radical (unpaired) electrons. The van der Waals surface area contributed by atoms with E-state index < -0.39 is 0 Å². The van der Waals surface area contributed by atoms with E-state index in [1.807, 2.05) is 54.6 Å². The lowest BCUT2D eigenvalue weighted by Crippen LogP contribution is -2.42. The monoisotopic (exact) mass is 362 g/mol. The van der Waals surface area contributed by atoms with Crippen LogP contribution in [-0.2, 0) is 11.3 Å². The lowest BCUT2D eigenvalue weighted by atomic mass is 9.90. The Hall–Kier alpha value is -3.08. The molecule has 3 aromatic rings. The number of piperidine rings is 1. The zero-order chi connectivity index (χ0) is 18.6. The quantitative estimate of drug-likeness (QED) is 0.700. The summed E-state index contributed by atoms with van der Waals surface area (Å²) in [4.78, 5) is 30.3. The Morgan fingerprint density at radius 2 is 1.85 bits per heavy atom. The van der Waals surface area contributed by atoms with Crippen LogP contribution >= 0.6 is 0 Å². The van der Waals surface area contributed by atoms with Crippen molar-refractivity contribution < 1.29 is 14.3 Å². The van der Waals surface area contributed by atoms with Gasteiger partial charge in [0.2, 0.25) is 0 Å². The van der Waals surface area contributed by atoms with Crippen molar-refractivity contribution in [3.05, 3.63) is 71.9 Å². The molecule has 1 amide bonds. The van der Waals surface area contributed by atoms with Gasteiger partial charge < -0.3 is 14.6 Å². The second-order valence-electron chi connectivity index (χ2n) is 6.94. The third-order valence-electron chi connectivity index (χ3n) is 5.11. The number of Topliss-reactive ketones (excluding diaryl/α,β-unsaturated/α-hetero) is 1. The molecule has 1 unspecified atom stereocenters. The number of nitrogens with zero attached hydrogens (tertiary/aromatic N) is 1. The highest BCUT2D eigenvalue weighted by Crippen LogP contribution is 2.26. The van der Waals surface area contributed by atoms with E-state index in [1.54, 1.807) is 11.1 Å². The van der Waals surface area contributed by atoms with Gasteiger partial charge in [-0.3, -0.25) is 4.79 Å². The zero-order valence-electron chi connectivity index (χ0n) is 15.1. The largest absolute Gasteiger partial charge is 0.445 e. The van der Waals surface area contributed by atoms with E-state index >= 15 is 0 Å². The van der Waals surface area contributed by atoms with E-state index in [4.69, 9.17) is 4.74 Å². The summed E-state index contributed by atoms with van der Waals surface area (Å²) in [6.45, 7) is 1.29. The molecular weight excluding hydrogens is 340 g/mol. The van der Waals surface area contributed by atoms with Crippen molar-refractivity contribution in [3.8, 4) is 0 Å². The van der Waals surface area contributed by atoms with Crippen molar-refractivity contribution in [2.75, 3.05) is 13.1 Å². The van der Waals surface area contributed by atoms with Gasteiger partial charge in [-0.25, -0.2) is 4.79 Å². The Balaban J connectivity index is 1.41. The Kier molecular flexibility index (Phi) is 4.92. The van der Waals surface area contributed by atoms with E-state index in [2.05, 4.69) is 4.98 Å². The third kappa shape index (κ3) is 3.72. The summed E-state index contributed by atoms with van der Waals surface area (Å²) in [5.74, 6) is -0.102. The maximum atomic E-state index is 13.0. The third-order valence-corrected chi connectivity index (χ3v) is 5.11. The van der Waals surface area contributed by atoms with Crippen LogP contribution < -0.4 is 0 Å². The minimum Gasteiger partial charge on any atom is -0.445 e. The number of para-hydroxylation sites is 1. The molecule has 1 saturated heterocycles. The number of ketones is 1. The van der Waals surface area contributed by atoms with Crippen LogP contribution in [0.5, 0.6) is 0 Å². The maximum Gasteiger partial charge on any atom is 0.410 e. The van der Waals surface area contributed by atoms with Gasteiger partial charge in [0, 0.05) is 41.7 Å². The van der Waals surface area contributed by atoms with Gasteiger partial charge >= 0.3 is 6.09 Å². The van der Waals surface area contributed by atoms with E-state index in [-0.39, 0.29) is 24.4 Å². The molecule has 5 nitrogen and oxygen atoms in total. The molecule has 0 spiro atoms. The lowest BCUT2D eigenvalue weighted by Gasteiger charge is -2.31. The van der Waals surface area contributed by atoms with Crippen LogP contribution in [0.1, 0.15) is 28.8 Å². The number of carbonyl (C=O) groups is 2. The Labute approximate surface area is 157 Å². The molecule has 0 saturated carbocycles. The molecule has 1 aliphatic rings. The molecule has 2 aromatic carbocycles. The Morgan fingerprint density at radius 1 is 1.07 bits per heavy atom. The standard InChI is InChI=1S/C22H22N2O3/c25-21(19-13-23-20-11-5-4-10-18(19)20)17-9-6-12-24(14-17)22(26)27-15-16-7-2-1-3-8-16/h1-5,7-8,10-11,13,17,23H,6,9,12,14-15H2. The smallest absolute Gasteiger partial charge is 0.410 e. The summed E-state index contributed by atoms with van der Waals surface area (Å²) in [6.07, 6.45) is 3.02. The number of H-pyrrole nitrogens is 1. The fraction of sp³-hybridized carbons (Fsp3) is 0.273. The first kappa shape index (κ1) is 17.3. The Bertz CT molecular complexity index is 948. The van der Waals surface area contributed by atoms with Gasteiger partial charge in [-0.15, -0.1) is 0 Å². The molecule has 1 fully saturated rings. The predicted molar refractivity (Wildman–Crippen MR) is 104 cm³/mol. The van der Waals surface area contributed by atoms with Gasteiger partial charge in [-0.2, -0.15) is 0 Å². The van der Waals surface area contributed by atoms with Crippen LogP contribution in [0.4, 0.5) is 4.79 Å². The van der Waals surface area contributed by atoms with Crippen LogP contribution in [0.15, 0.2) is 60.8 Å². The predicted octanol–water partition coefficient (Wildman–Crippen LogP) is 4.40. The molecule has 138 valence electrons. The van der Waals surface area contributed by atoms with Crippen molar-refractivity contribution in [2.24, 2.45) is 5.92 Å². The zero-order valence-corrected chi connectivity index (χ0v) is 15.1. The highest BCUT2D eigenvalue weighted by molar-refractivity contribution is 6.09. The second-order valence-corrected chi connectivity index (χ2v) is 6.94. The summed E-state index contributed by atoms with van der Waals surface area (Å²) < 4.78 is 5.43. The average Bonchev–Trinajstić information content (AvgIpc) is 3.16. The number of benzene rings is 2. The summed E-state index contributed by atoms with van der Waals surface area (Å²) in [6, 6.07) is 17.4. The number of likely N-dealkylation sites (tertiary alicyclic amines) is 1. The summed E-state index contributed by atoms with van der Waals surface area (Å²) in [5.41, 5.74) is 2.61. The van der Waals surface area contributed by atoms with Crippen molar-refractivity contribution in [2.45, 2.75) is 19.4 Å². The maximum absolute atomic E-state index is 13.0. The van der Waals surface area contributed by atoms with Crippen molar-refractivity contribution in [1.82, 2.24) is 9.88 Å². The van der Waals surface area contributed by atoms with Crippen LogP contribution in [0, 0.1) is 5.92 Å². The van der Waals surface area contributed by atoms with E-state index in [0.29, 0.717) is 18.7 Å². The molecule has 1 aromatic heterocycles. The van der Waals surface area contributed by atoms with E-state index in [0.717, 1.165) is 29.3 Å². The van der Waals surface area contributed by atoms with E-state index in [1.165, 1.54) is 0 Å². The lowest BCUT2D eigenvalue weighted by molar-refractivity contribution is 0.0688. The molecule has 27 heavy (non-hydrogen) atoms. The van der Waals surface area contributed by atoms with Gasteiger partial charge in [-0.1, -0.05) is 48.5 Å². The van der Waals surface area contributed by atoms with Crippen molar-refractivity contribution in [3.63, 3.8) is 0 Å². The number of ether oxygens (including phenoxy) is 1. The SMILES string of the molecule is O=C(c1c[nH]c2ccccc12)C1CCCN(C(=O)OCc2ccccc2)C1. The average molecular weight is 362 g/mol. The molecule has 1 aliphatic heterocycles. The normalized spacial score (nSPS) is 17.0. The molecule has 0 bridgehead atoms.